The molecule has 10 heteroatoms. The number of rotatable bonds is 15. The Morgan fingerprint density at radius 1 is 1.02 bits per heavy atom. The van der Waals surface area contributed by atoms with Crippen LogP contribution in [0.4, 0.5) is 8.78 Å². The quantitative estimate of drug-likeness (QED) is 0.195. The number of carbonyl (C=O) groups excluding carboxylic acids is 3. The van der Waals surface area contributed by atoms with Gasteiger partial charge in [0.15, 0.2) is 0 Å². The number of hydrogen-bond donors (Lipinski definition) is 3. The molecular weight excluding hydrogens is 614 g/mol. The predicted octanol–water partition coefficient (Wildman–Crippen LogP) is 5.18. The van der Waals surface area contributed by atoms with Crippen molar-refractivity contribution in [2.45, 2.75) is 77.2 Å². The molecule has 0 radical (unpaired) electrons. The maximum atomic E-state index is 14.2. The summed E-state index contributed by atoms with van der Waals surface area (Å²) in [4.78, 5) is 44.5. The van der Waals surface area contributed by atoms with Crippen molar-refractivity contribution in [3.63, 3.8) is 0 Å². The number of aliphatic hydroxyl groups excluding tert-OH is 1. The van der Waals surface area contributed by atoms with Gasteiger partial charge in [0, 0.05) is 49.4 Å². The molecule has 3 aromatic carbocycles. The van der Waals surface area contributed by atoms with Crippen LogP contribution in [0.2, 0.25) is 0 Å². The summed E-state index contributed by atoms with van der Waals surface area (Å²) < 4.78 is 28.5. The van der Waals surface area contributed by atoms with E-state index in [-0.39, 0.29) is 35.4 Å². The number of piperazine rings is 1. The number of aryl methyl sites for hydroxylation is 1. The molecule has 1 aliphatic heterocycles. The summed E-state index contributed by atoms with van der Waals surface area (Å²) in [6.07, 6.45) is 2.15. The van der Waals surface area contributed by atoms with E-state index in [1.807, 2.05) is 44.2 Å². The van der Waals surface area contributed by atoms with Gasteiger partial charge in [-0.2, -0.15) is 0 Å². The lowest BCUT2D eigenvalue weighted by Crippen LogP contribution is -2.66. The molecule has 8 nitrogen and oxygen atoms in total. The summed E-state index contributed by atoms with van der Waals surface area (Å²) in [5, 5.41) is 17.9. The van der Waals surface area contributed by atoms with Gasteiger partial charge in [-0.05, 0) is 79.6 Å². The third kappa shape index (κ3) is 9.58. The first-order chi connectivity index (χ1) is 23.0. The third-order valence-electron chi connectivity index (χ3n) is 8.41. The van der Waals surface area contributed by atoms with Gasteiger partial charge >= 0.3 is 0 Å². The smallest absolute Gasteiger partial charge is 0.253 e. The van der Waals surface area contributed by atoms with Crippen LogP contribution in [0.25, 0.3) is 0 Å². The molecule has 3 aromatic rings. The molecule has 0 spiro atoms. The van der Waals surface area contributed by atoms with Gasteiger partial charge in [0.2, 0.25) is 5.91 Å². The molecule has 3 amide bonds. The van der Waals surface area contributed by atoms with E-state index in [1.165, 1.54) is 6.07 Å². The van der Waals surface area contributed by atoms with Gasteiger partial charge in [-0.15, -0.1) is 6.58 Å². The highest BCUT2D eigenvalue weighted by Gasteiger charge is 2.41. The van der Waals surface area contributed by atoms with Crippen molar-refractivity contribution in [3.8, 4) is 0 Å². The van der Waals surface area contributed by atoms with Gasteiger partial charge in [0.1, 0.15) is 17.7 Å². The first-order valence-electron chi connectivity index (χ1n) is 16.6. The second-order valence-corrected chi connectivity index (χ2v) is 12.5. The Bertz CT molecular complexity index is 1560. The molecule has 3 N–H and O–H groups in total. The van der Waals surface area contributed by atoms with Crippen molar-refractivity contribution in [1.29, 1.82) is 0 Å². The Balaban J connectivity index is 1.66. The maximum Gasteiger partial charge on any atom is 0.253 e. The molecule has 4 rings (SSSR count). The molecule has 1 aliphatic rings. The van der Waals surface area contributed by atoms with Crippen LogP contribution in [0.15, 0.2) is 79.4 Å². The van der Waals surface area contributed by atoms with E-state index in [9.17, 15) is 28.3 Å². The zero-order valence-electron chi connectivity index (χ0n) is 27.9. The third-order valence-corrected chi connectivity index (χ3v) is 8.41. The van der Waals surface area contributed by atoms with E-state index in [4.69, 9.17) is 0 Å². The molecule has 0 aromatic heterocycles. The van der Waals surface area contributed by atoms with Crippen molar-refractivity contribution in [3.05, 3.63) is 119 Å². The number of aliphatic hydroxyl groups is 1. The number of amides is 3. The monoisotopic (exact) mass is 660 g/mol. The summed E-state index contributed by atoms with van der Waals surface area (Å²) in [6, 6.07) is 14.8. The maximum absolute atomic E-state index is 14.2. The molecule has 1 fully saturated rings. The Morgan fingerprint density at radius 3 is 2.29 bits per heavy atom. The summed E-state index contributed by atoms with van der Waals surface area (Å²) in [5.74, 6) is -2.76. The van der Waals surface area contributed by atoms with Gasteiger partial charge in [0.05, 0.1) is 12.1 Å². The van der Waals surface area contributed by atoms with Crippen molar-refractivity contribution in [2.24, 2.45) is 0 Å². The lowest BCUT2D eigenvalue weighted by molar-refractivity contribution is -0.142. The fourth-order valence-electron chi connectivity index (χ4n) is 6.26. The topological polar surface area (TPSA) is 102 Å². The number of nitrogens with one attached hydrogen (secondary N) is 2. The van der Waals surface area contributed by atoms with Gasteiger partial charge in [-0.3, -0.25) is 19.7 Å². The van der Waals surface area contributed by atoms with Crippen LogP contribution in [0.1, 0.15) is 70.5 Å². The summed E-state index contributed by atoms with van der Waals surface area (Å²) in [6.45, 7) is 11.5. The summed E-state index contributed by atoms with van der Waals surface area (Å²) >= 11 is 0. The van der Waals surface area contributed by atoms with Crippen LogP contribution in [0, 0.1) is 18.6 Å². The van der Waals surface area contributed by atoms with Gasteiger partial charge < -0.3 is 20.2 Å². The molecule has 1 heterocycles. The van der Waals surface area contributed by atoms with E-state index >= 15 is 0 Å². The highest BCUT2D eigenvalue weighted by Crippen LogP contribution is 2.21. The van der Waals surface area contributed by atoms with Crippen LogP contribution < -0.4 is 10.6 Å². The highest BCUT2D eigenvalue weighted by atomic mass is 19.1. The summed E-state index contributed by atoms with van der Waals surface area (Å²) in [5.41, 5.74) is 2.35. The average Bonchev–Trinajstić information content (AvgIpc) is 3.05. The largest absolute Gasteiger partial charge is 0.389 e. The Morgan fingerprint density at radius 2 is 1.67 bits per heavy atom. The predicted molar refractivity (Wildman–Crippen MR) is 182 cm³/mol. The normalized spacial score (nSPS) is 17.5. The average molecular weight is 661 g/mol. The minimum absolute atomic E-state index is 0.170. The van der Waals surface area contributed by atoms with E-state index in [0.29, 0.717) is 43.7 Å². The van der Waals surface area contributed by atoms with Gasteiger partial charge in [-0.25, -0.2) is 8.78 Å². The fourth-order valence-corrected chi connectivity index (χ4v) is 6.26. The number of nitrogens with zero attached hydrogens (tertiary/aromatic N) is 2. The Kier molecular flexibility index (Phi) is 13.0. The van der Waals surface area contributed by atoms with Crippen molar-refractivity contribution < 1.29 is 28.3 Å². The molecule has 0 saturated carbocycles. The molecule has 0 bridgehead atoms. The molecular formula is C38H46F2N4O4. The van der Waals surface area contributed by atoms with Crippen molar-refractivity contribution in [2.75, 3.05) is 19.6 Å². The number of halogens is 2. The fraction of sp³-hybridized carbons (Fsp3) is 0.395. The Hall–Kier alpha value is -4.41. The minimum atomic E-state index is -1.49. The SMILES string of the molecule is C=CCC1CN(Cc2ccccc2)C(=O)C([C@@H](O)[C@H](Cc2cc(F)cc(F)c2)NC(=O)c2cc(C)cc(C(=O)N(CCC)CCC)c2)N1. The van der Waals surface area contributed by atoms with Gasteiger partial charge in [-0.1, -0.05) is 50.3 Å². The molecule has 4 atom stereocenters. The van der Waals surface area contributed by atoms with Crippen LogP contribution in [0.3, 0.4) is 0 Å². The van der Waals surface area contributed by atoms with E-state index in [2.05, 4.69) is 17.2 Å². The standard InChI is InChI=1S/C38H46F2N4O4/c1-5-11-32-24-44(23-26-12-9-8-10-13-26)38(48)34(41-32)35(45)33(20-27-18-30(39)22-31(40)19-27)42-36(46)28-16-25(4)17-29(21-28)37(47)43(14-6-2)15-7-3/h5,8-10,12-13,16-19,21-22,32-35,41,45H,1,6-7,11,14-15,20,23-24H2,2-4H3,(H,42,46)/t32?,33-,34?,35-/m0/s1. The number of carbonyl (C=O) groups is 3. The number of benzene rings is 3. The van der Waals surface area contributed by atoms with E-state index in [1.54, 1.807) is 34.9 Å². The van der Waals surface area contributed by atoms with Crippen LogP contribution in [0.5, 0.6) is 0 Å². The van der Waals surface area contributed by atoms with Crippen molar-refractivity contribution >= 4 is 17.7 Å². The molecule has 0 aliphatic carbocycles. The second kappa shape index (κ2) is 17.1. The molecule has 48 heavy (non-hydrogen) atoms. The van der Waals surface area contributed by atoms with Crippen LogP contribution in [-0.4, -0.2) is 76.5 Å². The second-order valence-electron chi connectivity index (χ2n) is 12.5. The molecule has 1 saturated heterocycles. The highest BCUT2D eigenvalue weighted by molar-refractivity contribution is 6.00. The van der Waals surface area contributed by atoms with Crippen molar-refractivity contribution in [1.82, 2.24) is 20.4 Å². The summed E-state index contributed by atoms with van der Waals surface area (Å²) in [7, 11) is 0. The lowest BCUT2D eigenvalue weighted by Gasteiger charge is -2.41. The van der Waals surface area contributed by atoms with Crippen LogP contribution >= 0.6 is 0 Å². The van der Waals surface area contributed by atoms with E-state index in [0.717, 1.165) is 36.6 Å². The first kappa shape index (κ1) is 36.4. The zero-order chi connectivity index (χ0) is 34.8. The number of hydrogen-bond acceptors (Lipinski definition) is 5. The molecule has 2 unspecified atom stereocenters. The molecule has 256 valence electrons. The first-order valence-corrected chi connectivity index (χ1v) is 16.6. The zero-order valence-corrected chi connectivity index (χ0v) is 27.9. The van der Waals surface area contributed by atoms with Crippen LogP contribution in [-0.2, 0) is 17.8 Å². The van der Waals surface area contributed by atoms with Gasteiger partial charge in [0.25, 0.3) is 11.8 Å². The minimum Gasteiger partial charge on any atom is -0.389 e. The van der Waals surface area contributed by atoms with E-state index < -0.39 is 35.7 Å². The lowest BCUT2D eigenvalue weighted by atomic mass is 9.92. The Labute approximate surface area is 281 Å².